The number of hydrogen-bond acceptors (Lipinski definition) is 4. The summed E-state index contributed by atoms with van der Waals surface area (Å²) in [6.07, 6.45) is 4.50. The fourth-order valence-electron chi connectivity index (χ4n) is 1.32. The molecule has 1 heterocycles. The lowest BCUT2D eigenvalue weighted by molar-refractivity contribution is 0.615. The average molecular weight is 226 g/mol. The van der Waals surface area contributed by atoms with Gasteiger partial charge < -0.3 is 10.6 Å². The van der Waals surface area contributed by atoms with Gasteiger partial charge in [0, 0.05) is 13.1 Å². The van der Waals surface area contributed by atoms with Gasteiger partial charge in [-0.1, -0.05) is 19.8 Å². The number of halogens is 1. The van der Waals surface area contributed by atoms with E-state index in [1.807, 2.05) is 6.92 Å². The van der Waals surface area contributed by atoms with E-state index in [4.69, 9.17) is 0 Å². The number of nitrogens with one attached hydrogen (secondary N) is 2. The Morgan fingerprint density at radius 1 is 1.25 bits per heavy atom. The van der Waals surface area contributed by atoms with E-state index in [0.717, 1.165) is 32.4 Å². The lowest BCUT2D eigenvalue weighted by Crippen LogP contribution is -2.09. The predicted octanol–water partition coefficient (Wildman–Crippen LogP) is 2.65. The fourth-order valence-corrected chi connectivity index (χ4v) is 1.32. The van der Waals surface area contributed by atoms with E-state index in [-0.39, 0.29) is 5.82 Å². The summed E-state index contributed by atoms with van der Waals surface area (Å²) in [5, 5.41) is 5.93. The summed E-state index contributed by atoms with van der Waals surface area (Å²) in [5.41, 5.74) is 0. The van der Waals surface area contributed by atoms with Crippen molar-refractivity contribution < 1.29 is 4.39 Å². The fraction of sp³-hybridized carbons (Fsp3) is 0.636. The third-order valence-corrected chi connectivity index (χ3v) is 2.15. The first-order valence-corrected chi connectivity index (χ1v) is 5.78. The number of nitrogens with zero attached hydrogens (tertiary/aromatic N) is 2. The third-order valence-electron chi connectivity index (χ3n) is 2.15. The van der Waals surface area contributed by atoms with Crippen LogP contribution in [0.2, 0.25) is 0 Å². The summed E-state index contributed by atoms with van der Waals surface area (Å²) in [5.74, 6) is 0.335. The zero-order valence-electron chi connectivity index (χ0n) is 9.89. The monoisotopic (exact) mass is 226 g/mol. The van der Waals surface area contributed by atoms with E-state index in [2.05, 4.69) is 27.5 Å². The quantitative estimate of drug-likeness (QED) is 0.702. The minimum absolute atomic E-state index is 0.280. The third kappa shape index (κ3) is 4.00. The first-order valence-electron chi connectivity index (χ1n) is 5.78. The molecule has 90 valence electrons. The van der Waals surface area contributed by atoms with Crippen LogP contribution < -0.4 is 10.6 Å². The second-order valence-corrected chi connectivity index (χ2v) is 3.55. The molecule has 0 amide bonds. The Hall–Kier alpha value is -1.39. The highest BCUT2D eigenvalue weighted by Gasteiger charge is 2.05. The van der Waals surface area contributed by atoms with Crippen LogP contribution in [0.5, 0.6) is 0 Å². The average Bonchev–Trinajstić information content (AvgIpc) is 2.29. The van der Waals surface area contributed by atoms with Crippen LogP contribution in [-0.4, -0.2) is 23.1 Å². The van der Waals surface area contributed by atoms with Gasteiger partial charge in [0.25, 0.3) is 0 Å². The molecule has 1 rings (SSSR count). The predicted molar refractivity (Wildman–Crippen MR) is 64.2 cm³/mol. The molecule has 0 fully saturated rings. The molecular weight excluding hydrogens is 207 g/mol. The summed E-state index contributed by atoms with van der Waals surface area (Å²) < 4.78 is 13.3. The molecule has 1 aromatic heterocycles. The zero-order valence-corrected chi connectivity index (χ0v) is 9.89. The minimum Gasteiger partial charge on any atom is -0.367 e. The number of hydrogen-bond donors (Lipinski definition) is 2. The van der Waals surface area contributed by atoms with Crippen LogP contribution >= 0.6 is 0 Å². The van der Waals surface area contributed by atoms with E-state index in [1.165, 1.54) is 6.20 Å². The molecule has 0 radical (unpaired) electrons. The molecule has 16 heavy (non-hydrogen) atoms. The molecule has 1 aromatic rings. The van der Waals surface area contributed by atoms with Crippen molar-refractivity contribution in [2.75, 3.05) is 23.7 Å². The molecule has 0 unspecified atom stereocenters. The normalized spacial score (nSPS) is 10.2. The van der Waals surface area contributed by atoms with Crippen LogP contribution in [0.25, 0.3) is 0 Å². The molecule has 0 aromatic carbocycles. The molecule has 0 bridgehead atoms. The Bertz CT molecular complexity index is 317. The van der Waals surface area contributed by atoms with Crippen molar-refractivity contribution in [3.8, 4) is 0 Å². The van der Waals surface area contributed by atoms with Crippen LogP contribution in [0.1, 0.15) is 33.1 Å². The summed E-state index contributed by atoms with van der Waals surface area (Å²) in [6, 6.07) is 0. The van der Waals surface area contributed by atoms with Crippen LogP contribution in [-0.2, 0) is 0 Å². The second-order valence-electron chi connectivity index (χ2n) is 3.55. The number of unbranched alkanes of at least 4 members (excludes halogenated alkanes) is 2. The number of aromatic nitrogens is 2. The molecule has 0 aliphatic carbocycles. The highest BCUT2D eigenvalue weighted by atomic mass is 19.1. The van der Waals surface area contributed by atoms with Crippen molar-refractivity contribution in [3.05, 3.63) is 12.0 Å². The minimum atomic E-state index is -0.404. The molecular formula is C11H19FN4. The molecule has 0 aliphatic heterocycles. The highest BCUT2D eigenvalue weighted by molar-refractivity contribution is 5.40. The van der Waals surface area contributed by atoms with E-state index in [0.29, 0.717) is 5.95 Å². The maximum atomic E-state index is 13.3. The highest BCUT2D eigenvalue weighted by Crippen LogP contribution is 2.11. The van der Waals surface area contributed by atoms with Gasteiger partial charge in [-0.2, -0.15) is 4.98 Å². The SMILES string of the molecule is CCCCCNc1nc(NCC)ncc1F. The van der Waals surface area contributed by atoms with Crippen molar-refractivity contribution in [2.24, 2.45) is 0 Å². The smallest absolute Gasteiger partial charge is 0.224 e. The Balaban J connectivity index is 2.52. The lowest BCUT2D eigenvalue weighted by atomic mass is 10.2. The first kappa shape index (κ1) is 12.7. The topological polar surface area (TPSA) is 49.8 Å². The van der Waals surface area contributed by atoms with Gasteiger partial charge in [-0.05, 0) is 13.3 Å². The zero-order chi connectivity index (χ0) is 11.8. The molecule has 0 aliphatic rings. The van der Waals surface area contributed by atoms with Crippen LogP contribution in [0.15, 0.2) is 6.20 Å². The molecule has 5 heteroatoms. The van der Waals surface area contributed by atoms with Crippen molar-refractivity contribution >= 4 is 11.8 Å². The molecule has 0 saturated heterocycles. The molecule has 0 atom stereocenters. The summed E-state index contributed by atoms with van der Waals surface area (Å²) in [6.45, 7) is 5.55. The van der Waals surface area contributed by atoms with E-state index in [9.17, 15) is 4.39 Å². The van der Waals surface area contributed by atoms with Crippen LogP contribution in [0.4, 0.5) is 16.2 Å². The maximum Gasteiger partial charge on any atom is 0.224 e. The maximum absolute atomic E-state index is 13.3. The van der Waals surface area contributed by atoms with Crippen molar-refractivity contribution in [1.29, 1.82) is 0 Å². The Morgan fingerprint density at radius 3 is 2.75 bits per heavy atom. The second kappa shape index (κ2) is 6.98. The molecule has 0 spiro atoms. The largest absolute Gasteiger partial charge is 0.367 e. The Morgan fingerprint density at radius 2 is 2.06 bits per heavy atom. The van der Waals surface area contributed by atoms with Crippen LogP contribution in [0, 0.1) is 5.82 Å². The standard InChI is InChI=1S/C11H19FN4/c1-3-5-6-7-14-10-9(12)8-15-11(16-10)13-4-2/h8H,3-7H2,1-2H3,(H2,13,14,15,16). The van der Waals surface area contributed by atoms with Crippen molar-refractivity contribution in [1.82, 2.24) is 9.97 Å². The summed E-state index contributed by atoms with van der Waals surface area (Å²) in [7, 11) is 0. The van der Waals surface area contributed by atoms with Crippen molar-refractivity contribution in [2.45, 2.75) is 33.1 Å². The van der Waals surface area contributed by atoms with Gasteiger partial charge >= 0.3 is 0 Å². The van der Waals surface area contributed by atoms with Gasteiger partial charge in [-0.15, -0.1) is 0 Å². The van der Waals surface area contributed by atoms with Gasteiger partial charge in [0.05, 0.1) is 6.20 Å². The molecule has 0 saturated carbocycles. The van der Waals surface area contributed by atoms with Crippen molar-refractivity contribution in [3.63, 3.8) is 0 Å². The molecule has 4 nitrogen and oxygen atoms in total. The summed E-state index contributed by atoms with van der Waals surface area (Å²) >= 11 is 0. The Labute approximate surface area is 95.7 Å². The van der Waals surface area contributed by atoms with Gasteiger partial charge in [0.15, 0.2) is 11.6 Å². The van der Waals surface area contributed by atoms with Crippen LogP contribution in [0.3, 0.4) is 0 Å². The lowest BCUT2D eigenvalue weighted by Gasteiger charge is -2.08. The number of anilines is 2. The molecule has 2 N–H and O–H groups in total. The van der Waals surface area contributed by atoms with Gasteiger partial charge in [0.1, 0.15) is 0 Å². The summed E-state index contributed by atoms with van der Waals surface area (Å²) in [4.78, 5) is 7.89. The van der Waals surface area contributed by atoms with Gasteiger partial charge in [-0.3, -0.25) is 0 Å². The van der Waals surface area contributed by atoms with Gasteiger partial charge in [0.2, 0.25) is 5.95 Å². The van der Waals surface area contributed by atoms with E-state index < -0.39 is 5.82 Å². The van der Waals surface area contributed by atoms with E-state index in [1.54, 1.807) is 0 Å². The Kier molecular flexibility index (Phi) is 5.53. The van der Waals surface area contributed by atoms with Gasteiger partial charge in [-0.25, -0.2) is 9.37 Å². The first-order chi connectivity index (χ1) is 7.77. The number of rotatable bonds is 7. The van der Waals surface area contributed by atoms with E-state index >= 15 is 0 Å².